The van der Waals surface area contributed by atoms with Gasteiger partial charge in [-0.3, -0.25) is 4.79 Å². The number of nitrogens with two attached hydrogens (primary N) is 1. The lowest BCUT2D eigenvalue weighted by molar-refractivity contribution is -0.117. The monoisotopic (exact) mass is 561 g/mol. The highest BCUT2D eigenvalue weighted by Crippen LogP contribution is 2.38. The molecule has 1 unspecified atom stereocenters. The van der Waals surface area contributed by atoms with E-state index < -0.39 is 15.9 Å². The van der Waals surface area contributed by atoms with Gasteiger partial charge in [0.2, 0.25) is 15.9 Å². The third kappa shape index (κ3) is 5.11. The van der Waals surface area contributed by atoms with Crippen LogP contribution < -0.4 is 15.5 Å². The van der Waals surface area contributed by atoms with Crippen molar-refractivity contribution < 1.29 is 22.0 Å². The van der Waals surface area contributed by atoms with Gasteiger partial charge in [0, 0.05) is 62.0 Å². The Morgan fingerprint density at radius 2 is 1.61 bits per heavy atom. The molecule has 0 aliphatic carbocycles. The Morgan fingerprint density at radius 3 is 2.21 bits per heavy atom. The van der Waals surface area contributed by atoms with E-state index in [9.17, 15) is 13.2 Å². The standard InChI is InChI=1S/C26H26ClF2N5O3S/c27-23-14-19(26(28,29)18-4-2-1-3-5-18)15-24(31-23)32-10-12-33(13-11-32)38(36,37)22-8-6-21(7-9-22)34-17-20(30)16-25(34)35/h1-9,14-15,20H,10-13,16-17,30H2. The van der Waals surface area contributed by atoms with Crippen LogP contribution in [0.2, 0.25) is 5.15 Å². The summed E-state index contributed by atoms with van der Waals surface area (Å²) in [4.78, 5) is 19.7. The van der Waals surface area contributed by atoms with Gasteiger partial charge < -0.3 is 15.5 Å². The second-order valence-corrected chi connectivity index (χ2v) is 11.7. The summed E-state index contributed by atoms with van der Waals surface area (Å²) >= 11 is 6.11. The van der Waals surface area contributed by atoms with Gasteiger partial charge in [-0.2, -0.15) is 13.1 Å². The molecule has 0 bridgehead atoms. The Morgan fingerprint density at radius 1 is 0.947 bits per heavy atom. The maximum atomic E-state index is 15.2. The molecular formula is C26H26ClF2N5O3S. The molecule has 2 fully saturated rings. The highest BCUT2D eigenvalue weighted by atomic mass is 35.5. The number of alkyl halides is 2. The number of halogens is 3. The van der Waals surface area contributed by atoms with E-state index in [1.165, 1.54) is 34.6 Å². The largest absolute Gasteiger partial charge is 0.354 e. The molecule has 5 rings (SSSR count). The number of pyridine rings is 1. The van der Waals surface area contributed by atoms with E-state index in [0.29, 0.717) is 12.2 Å². The number of nitrogens with zero attached hydrogens (tertiary/aromatic N) is 4. The predicted octanol–water partition coefficient (Wildman–Crippen LogP) is 3.45. The third-order valence-electron chi connectivity index (χ3n) is 6.78. The lowest BCUT2D eigenvalue weighted by Crippen LogP contribution is -2.49. The molecule has 1 aromatic heterocycles. The molecule has 0 radical (unpaired) electrons. The number of hydrogen-bond donors (Lipinski definition) is 1. The summed E-state index contributed by atoms with van der Waals surface area (Å²) in [7, 11) is -3.80. The first-order chi connectivity index (χ1) is 18.1. The van der Waals surface area contributed by atoms with Crippen LogP contribution in [-0.2, 0) is 20.7 Å². The molecule has 3 aromatic rings. The Hall–Kier alpha value is -3.12. The molecule has 1 amide bonds. The van der Waals surface area contributed by atoms with Crippen LogP contribution >= 0.6 is 11.6 Å². The molecule has 38 heavy (non-hydrogen) atoms. The fourth-order valence-corrected chi connectivity index (χ4v) is 6.36. The molecule has 1 atom stereocenters. The van der Waals surface area contributed by atoms with Gasteiger partial charge in [-0.15, -0.1) is 0 Å². The number of hydrogen-bond acceptors (Lipinski definition) is 6. The summed E-state index contributed by atoms with van der Waals surface area (Å²) < 4.78 is 58.2. The van der Waals surface area contributed by atoms with Gasteiger partial charge in [-0.1, -0.05) is 41.9 Å². The molecule has 3 heterocycles. The van der Waals surface area contributed by atoms with Gasteiger partial charge in [-0.05, 0) is 36.4 Å². The lowest BCUT2D eigenvalue weighted by Gasteiger charge is -2.35. The van der Waals surface area contributed by atoms with Crippen LogP contribution in [0.3, 0.4) is 0 Å². The zero-order valence-electron chi connectivity index (χ0n) is 20.3. The third-order valence-corrected chi connectivity index (χ3v) is 8.89. The molecule has 2 aliphatic heterocycles. The molecule has 0 saturated carbocycles. The number of benzene rings is 2. The molecule has 8 nitrogen and oxygen atoms in total. The topological polar surface area (TPSA) is 99.8 Å². The number of piperazine rings is 1. The van der Waals surface area contributed by atoms with Gasteiger partial charge in [0.05, 0.1) is 4.90 Å². The van der Waals surface area contributed by atoms with Crippen molar-refractivity contribution in [3.63, 3.8) is 0 Å². The Bertz CT molecular complexity index is 1430. The predicted molar refractivity (Wildman–Crippen MR) is 141 cm³/mol. The smallest absolute Gasteiger partial charge is 0.298 e. The summed E-state index contributed by atoms with van der Waals surface area (Å²) in [5.41, 5.74) is 6.00. The molecule has 12 heteroatoms. The van der Waals surface area contributed by atoms with E-state index in [0.717, 1.165) is 6.07 Å². The maximum Gasteiger partial charge on any atom is 0.298 e. The molecule has 2 saturated heterocycles. The quantitative estimate of drug-likeness (QED) is 0.463. The number of anilines is 2. The van der Waals surface area contributed by atoms with Gasteiger partial charge in [-0.25, -0.2) is 13.4 Å². The van der Waals surface area contributed by atoms with Crippen molar-refractivity contribution in [3.05, 3.63) is 83.0 Å². The summed E-state index contributed by atoms with van der Waals surface area (Å²) in [5, 5.41) is -0.0688. The SMILES string of the molecule is NC1CC(=O)N(c2ccc(S(=O)(=O)N3CCN(c4cc(C(F)(F)c5ccccc5)cc(Cl)n4)CC3)cc2)C1. The molecule has 2 aliphatic rings. The fourth-order valence-electron chi connectivity index (χ4n) is 4.73. The number of carbonyl (C=O) groups is 1. The van der Waals surface area contributed by atoms with Gasteiger partial charge in [0.15, 0.2) is 0 Å². The number of rotatable bonds is 6. The van der Waals surface area contributed by atoms with Crippen molar-refractivity contribution in [2.45, 2.75) is 23.3 Å². The van der Waals surface area contributed by atoms with Crippen LogP contribution in [-0.4, -0.2) is 62.4 Å². The molecule has 200 valence electrons. The fraction of sp³-hybridized carbons (Fsp3) is 0.308. The molecule has 2 aromatic carbocycles. The minimum atomic E-state index is -3.80. The van der Waals surface area contributed by atoms with Crippen molar-refractivity contribution in [2.75, 3.05) is 42.5 Å². The number of aromatic nitrogens is 1. The first kappa shape index (κ1) is 26.5. The Labute approximate surface area is 224 Å². The lowest BCUT2D eigenvalue weighted by atomic mass is 10.0. The van der Waals surface area contributed by atoms with Crippen molar-refractivity contribution in [1.29, 1.82) is 0 Å². The average Bonchev–Trinajstić information content (AvgIpc) is 3.26. The van der Waals surface area contributed by atoms with Crippen LogP contribution in [0.25, 0.3) is 0 Å². The van der Waals surface area contributed by atoms with Crippen LogP contribution in [0.15, 0.2) is 71.6 Å². The van der Waals surface area contributed by atoms with E-state index in [2.05, 4.69) is 4.98 Å². The van der Waals surface area contributed by atoms with E-state index in [1.807, 2.05) is 0 Å². The second-order valence-electron chi connectivity index (χ2n) is 9.33. The normalized spacial score (nSPS) is 19.3. The van der Waals surface area contributed by atoms with Gasteiger partial charge in [0.1, 0.15) is 11.0 Å². The van der Waals surface area contributed by atoms with Crippen LogP contribution in [0.1, 0.15) is 17.5 Å². The molecule has 2 N–H and O–H groups in total. The van der Waals surface area contributed by atoms with Crippen molar-refractivity contribution in [3.8, 4) is 0 Å². The highest BCUT2D eigenvalue weighted by Gasteiger charge is 2.36. The van der Waals surface area contributed by atoms with Gasteiger partial charge in [0.25, 0.3) is 5.92 Å². The zero-order chi connectivity index (χ0) is 27.1. The first-order valence-electron chi connectivity index (χ1n) is 12.1. The summed E-state index contributed by atoms with van der Waals surface area (Å²) in [6.45, 7) is 1.18. The Kier molecular flexibility index (Phi) is 7.12. The maximum absolute atomic E-state index is 15.2. The second kappa shape index (κ2) is 10.2. The van der Waals surface area contributed by atoms with Crippen molar-refractivity contribution in [2.24, 2.45) is 5.73 Å². The Balaban J connectivity index is 1.29. The van der Waals surface area contributed by atoms with Crippen LogP contribution in [0, 0.1) is 0 Å². The summed E-state index contributed by atoms with van der Waals surface area (Å²) in [6.07, 6.45) is 0.261. The molecule has 0 spiro atoms. The van der Waals surface area contributed by atoms with E-state index >= 15 is 8.78 Å². The zero-order valence-corrected chi connectivity index (χ0v) is 21.9. The number of amides is 1. The van der Waals surface area contributed by atoms with E-state index in [-0.39, 0.29) is 71.5 Å². The van der Waals surface area contributed by atoms with Gasteiger partial charge >= 0.3 is 0 Å². The minimum Gasteiger partial charge on any atom is -0.354 e. The van der Waals surface area contributed by atoms with E-state index in [4.69, 9.17) is 17.3 Å². The van der Waals surface area contributed by atoms with Crippen LogP contribution in [0.5, 0.6) is 0 Å². The average molecular weight is 562 g/mol. The van der Waals surface area contributed by atoms with Crippen molar-refractivity contribution in [1.82, 2.24) is 9.29 Å². The number of sulfonamides is 1. The van der Waals surface area contributed by atoms with Crippen molar-refractivity contribution >= 4 is 39.0 Å². The summed E-state index contributed by atoms with van der Waals surface area (Å²) in [5.74, 6) is -3.11. The highest BCUT2D eigenvalue weighted by molar-refractivity contribution is 7.89. The van der Waals surface area contributed by atoms with E-state index in [1.54, 1.807) is 40.1 Å². The number of carbonyl (C=O) groups excluding carboxylic acids is 1. The summed E-state index contributed by atoms with van der Waals surface area (Å²) in [6, 6.07) is 15.8. The minimum absolute atomic E-state index is 0.0688. The first-order valence-corrected chi connectivity index (χ1v) is 13.9. The molecular weight excluding hydrogens is 536 g/mol. The van der Waals surface area contributed by atoms with Crippen LogP contribution in [0.4, 0.5) is 20.3 Å².